The third kappa shape index (κ3) is 5.92. The molecule has 0 spiro atoms. The number of benzene rings is 2. The summed E-state index contributed by atoms with van der Waals surface area (Å²) in [6.45, 7) is 3.02. The van der Waals surface area contributed by atoms with Gasteiger partial charge >= 0.3 is 0 Å². The third-order valence-corrected chi connectivity index (χ3v) is 6.26. The van der Waals surface area contributed by atoms with Crippen LogP contribution in [0.5, 0.6) is 0 Å². The van der Waals surface area contributed by atoms with Crippen LogP contribution < -0.4 is 5.32 Å². The number of amides is 1. The Balaban J connectivity index is 1.44. The van der Waals surface area contributed by atoms with Gasteiger partial charge in [0, 0.05) is 12.2 Å². The van der Waals surface area contributed by atoms with Gasteiger partial charge in [0.25, 0.3) is 0 Å². The normalized spacial score (nSPS) is 14.4. The molecule has 1 saturated heterocycles. The second kappa shape index (κ2) is 10.7. The summed E-state index contributed by atoms with van der Waals surface area (Å²) < 4.78 is 28.4. The highest BCUT2D eigenvalue weighted by molar-refractivity contribution is 7.99. The first-order chi connectivity index (χ1) is 15.6. The summed E-state index contributed by atoms with van der Waals surface area (Å²) in [5, 5.41) is 12.1. The molecule has 0 aliphatic carbocycles. The fourth-order valence-electron chi connectivity index (χ4n) is 3.65. The van der Waals surface area contributed by atoms with Crippen LogP contribution in [0.3, 0.4) is 0 Å². The number of thioether (sulfide) groups is 1. The van der Waals surface area contributed by atoms with E-state index in [1.807, 2.05) is 4.57 Å². The van der Waals surface area contributed by atoms with Gasteiger partial charge in [-0.15, -0.1) is 10.2 Å². The molecule has 168 valence electrons. The molecule has 0 atom stereocenters. The number of nitrogens with zero attached hydrogens (tertiary/aromatic N) is 4. The summed E-state index contributed by atoms with van der Waals surface area (Å²) in [4.78, 5) is 14.7. The maximum Gasteiger partial charge on any atom is 0.230 e. The number of nitrogens with one attached hydrogen (secondary N) is 1. The van der Waals surface area contributed by atoms with E-state index in [0.717, 1.165) is 30.2 Å². The van der Waals surface area contributed by atoms with Crippen molar-refractivity contribution < 1.29 is 13.6 Å². The Morgan fingerprint density at radius 3 is 2.28 bits per heavy atom. The lowest BCUT2D eigenvalue weighted by Crippen LogP contribution is -2.30. The smallest absolute Gasteiger partial charge is 0.230 e. The monoisotopic (exact) mass is 457 g/mol. The predicted molar refractivity (Wildman–Crippen MR) is 119 cm³/mol. The molecule has 9 heteroatoms. The van der Waals surface area contributed by atoms with Crippen molar-refractivity contribution in [3.05, 3.63) is 71.6 Å². The summed E-state index contributed by atoms with van der Waals surface area (Å²) in [7, 11) is 0. The van der Waals surface area contributed by atoms with Crippen LogP contribution in [0.15, 0.2) is 53.7 Å². The molecule has 0 radical (unpaired) electrons. The summed E-state index contributed by atoms with van der Waals surface area (Å²) in [6, 6.07) is 12.2. The van der Waals surface area contributed by atoms with E-state index >= 15 is 0 Å². The van der Waals surface area contributed by atoms with E-state index in [1.165, 1.54) is 55.3 Å². The first-order valence-electron chi connectivity index (χ1n) is 10.6. The average Bonchev–Trinajstić information content (AvgIpc) is 3.21. The van der Waals surface area contributed by atoms with E-state index in [9.17, 15) is 13.6 Å². The van der Waals surface area contributed by atoms with E-state index in [1.54, 1.807) is 24.3 Å². The minimum atomic E-state index is -0.311. The Morgan fingerprint density at radius 2 is 1.59 bits per heavy atom. The van der Waals surface area contributed by atoms with Crippen LogP contribution in [0.25, 0.3) is 5.69 Å². The molecule has 2 heterocycles. The number of piperidine rings is 1. The molecule has 3 aromatic rings. The lowest BCUT2D eigenvalue weighted by atomic mass is 10.1. The largest absolute Gasteiger partial charge is 0.351 e. The first kappa shape index (κ1) is 22.4. The van der Waals surface area contributed by atoms with Crippen LogP contribution >= 0.6 is 11.8 Å². The Bertz CT molecular complexity index is 1030. The van der Waals surface area contributed by atoms with Crippen LogP contribution in [-0.2, 0) is 17.9 Å². The van der Waals surface area contributed by atoms with Crippen molar-refractivity contribution in [2.24, 2.45) is 0 Å². The van der Waals surface area contributed by atoms with E-state index in [0.29, 0.717) is 18.2 Å². The van der Waals surface area contributed by atoms with Crippen molar-refractivity contribution in [3.8, 4) is 5.69 Å². The van der Waals surface area contributed by atoms with Crippen LogP contribution in [-0.4, -0.2) is 44.4 Å². The van der Waals surface area contributed by atoms with E-state index in [-0.39, 0.29) is 23.3 Å². The highest BCUT2D eigenvalue weighted by Crippen LogP contribution is 2.24. The minimum absolute atomic E-state index is 0.157. The molecule has 1 N–H and O–H groups in total. The summed E-state index contributed by atoms with van der Waals surface area (Å²) in [5.74, 6) is 0.146. The predicted octanol–water partition coefficient (Wildman–Crippen LogP) is 3.94. The number of hydrogen-bond acceptors (Lipinski definition) is 5. The van der Waals surface area contributed by atoms with Crippen molar-refractivity contribution in [3.63, 3.8) is 0 Å². The fraction of sp³-hybridized carbons (Fsp3) is 0.348. The van der Waals surface area contributed by atoms with Gasteiger partial charge in [0.05, 0.1) is 12.3 Å². The molecule has 1 fully saturated rings. The number of carbonyl (C=O) groups is 1. The summed E-state index contributed by atoms with van der Waals surface area (Å²) in [6.07, 6.45) is 3.58. The number of halogens is 2. The Labute approximate surface area is 190 Å². The van der Waals surface area contributed by atoms with Crippen LogP contribution in [0, 0.1) is 11.6 Å². The zero-order valence-corrected chi connectivity index (χ0v) is 18.5. The SMILES string of the molecule is O=C(CSc1nnc(CN2CCCCC2)n1-c1ccc(F)cc1)NCc1ccc(F)cc1. The van der Waals surface area contributed by atoms with Crippen molar-refractivity contribution in [2.45, 2.75) is 37.5 Å². The Kier molecular flexibility index (Phi) is 7.49. The highest BCUT2D eigenvalue weighted by atomic mass is 32.2. The summed E-state index contributed by atoms with van der Waals surface area (Å²) in [5.41, 5.74) is 1.58. The Hall–Kier alpha value is -2.78. The molecule has 1 aliphatic rings. The Morgan fingerprint density at radius 1 is 0.938 bits per heavy atom. The molecular weight excluding hydrogens is 432 g/mol. The third-order valence-electron chi connectivity index (χ3n) is 5.33. The van der Waals surface area contributed by atoms with Gasteiger partial charge in [-0.25, -0.2) is 8.78 Å². The molecule has 1 aliphatic heterocycles. The van der Waals surface area contributed by atoms with Crippen molar-refractivity contribution in [1.29, 1.82) is 0 Å². The molecule has 0 unspecified atom stereocenters. The number of likely N-dealkylation sites (tertiary alicyclic amines) is 1. The lowest BCUT2D eigenvalue weighted by molar-refractivity contribution is -0.118. The molecule has 1 aromatic heterocycles. The molecule has 4 rings (SSSR count). The molecular formula is C23H25F2N5OS. The zero-order chi connectivity index (χ0) is 22.3. The van der Waals surface area contributed by atoms with E-state index in [2.05, 4.69) is 20.4 Å². The standard InChI is InChI=1S/C23H25F2N5OS/c24-18-6-4-17(5-7-18)14-26-22(31)16-32-23-28-27-21(15-29-12-2-1-3-13-29)30(23)20-10-8-19(25)9-11-20/h4-11H,1-3,12-16H2,(H,26,31). The molecule has 0 saturated carbocycles. The number of rotatable bonds is 8. The van der Waals surface area contributed by atoms with Gasteiger partial charge in [-0.2, -0.15) is 0 Å². The zero-order valence-electron chi connectivity index (χ0n) is 17.6. The van der Waals surface area contributed by atoms with Crippen LogP contribution in [0.4, 0.5) is 8.78 Å². The topological polar surface area (TPSA) is 63.1 Å². The summed E-state index contributed by atoms with van der Waals surface area (Å²) >= 11 is 1.28. The van der Waals surface area contributed by atoms with Crippen molar-refractivity contribution >= 4 is 17.7 Å². The molecule has 32 heavy (non-hydrogen) atoms. The van der Waals surface area contributed by atoms with Crippen LogP contribution in [0.2, 0.25) is 0 Å². The van der Waals surface area contributed by atoms with Gasteiger partial charge < -0.3 is 5.32 Å². The van der Waals surface area contributed by atoms with Gasteiger partial charge in [0.15, 0.2) is 11.0 Å². The second-order valence-corrected chi connectivity index (χ2v) is 8.68. The average molecular weight is 458 g/mol. The maximum atomic E-state index is 13.5. The number of carbonyl (C=O) groups excluding carboxylic acids is 1. The van der Waals surface area contributed by atoms with Gasteiger partial charge in [0.2, 0.25) is 5.91 Å². The highest BCUT2D eigenvalue weighted by Gasteiger charge is 2.19. The number of aromatic nitrogens is 3. The number of hydrogen-bond donors (Lipinski definition) is 1. The van der Waals surface area contributed by atoms with Crippen molar-refractivity contribution in [2.75, 3.05) is 18.8 Å². The first-order valence-corrected chi connectivity index (χ1v) is 11.6. The molecule has 2 aromatic carbocycles. The van der Waals surface area contributed by atoms with Gasteiger partial charge in [-0.1, -0.05) is 30.3 Å². The van der Waals surface area contributed by atoms with Crippen molar-refractivity contribution in [1.82, 2.24) is 25.0 Å². The van der Waals surface area contributed by atoms with E-state index < -0.39 is 0 Å². The van der Waals surface area contributed by atoms with Gasteiger partial charge in [-0.05, 0) is 67.9 Å². The van der Waals surface area contributed by atoms with Gasteiger partial charge in [0.1, 0.15) is 11.6 Å². The van der Waals surface area contributed by atoms with Gasteiger partial charge in [-0.3, -0.25) is 14.3 Å². The maximum absolute atomic E-state index is 13.5. The lowest BCUT2D eigenvalue weighted by Gasteiger charge is -2.26. The minimum Gasteiger partial charge on any atom is -0.351 e. The van der Waals surface area contributed by atoms with E-state index in [4.69, 9.17) is 0 Å². The second-order valence-electron chi connectivity index (χ2n) is 7.74. The fourth-order valence-corrected chi connectivity index (χ4v) is 4.45. The molecule has 0 bridgehead atoms. The van der Waals surface area contributed by atoms with Crippen LogP contribution in [0.1, 0.15) is 30.7 Å². The quantitative estimate of drug-likeness (QED) is 0.519. The molecule has 6 nitrogen and oxygen atoms in total. The molecule has 1 amide bonds.